The van der Waals surface area contributed by atoms with Crippen LogP contribution in [0.5, 0.6) is 0 Å². The minimum Gasteiger partial charge on any atom is -0.461 e. The molecule has 14 heteroatoms. The Balaban J connectivity index is 2.25. The van der Waals surface area contributed by atoms with Crippen molar-refractivity contribution in [3.63, 3.8) is 0 Å². The average Bonchev–Trinajstić information content (AvgIpc) is 3.06. The number of β-lactam (4-membered cyclic amide) rings is 1. The summed E-state index contributed by atoms with van der Waals surface area (Å²) in [5.74, 6) is -1.77. The van der Waals surface area contributed by atoms with Crippen LogP contribution in [0.2, 0.25) is 0 Å². The molecular formula is C17H23N5O7S2. The highest BCUT2D eigenvalue weighted by Gasteiger charge is 2.64. The molecule has 31 heavy (non-hydrogen) atoms. The van der Waals surface area contributed by atoms with Gasteiger partial charge in [0.2, 0.25) is 5.16 Å². The number of tetrazole rings is 1. The average molecular weight is 474 g/mol. The van der Waals surface area contributed by atoms with Crippen LogP contribution in [0.1, 0.15) is 27.7 Å². The Hall–Kier alpha value is -2.32. The number of Topliss-reactive ketones (excluding diaryl/α,β-unsaturated/α-hetero) is 1. The third-order valence-electron chi connectivity index (χ3n) is 4.83. The van der Waals surface area contributed by atoms with E-state index in [2.05, 4.69) is 15.5 Å². The molecule has 3 atom stereocenters. The fraction of sp³-hybridized carbons (Fsp3) is 0.647. The number of ether oxygens (including phenoxy) is 2. The maximum Gasteiger partial charge on any atom is 0.302 e. The fourth-order valence-corrected chi connectivity index (χ4v) is 7.11. The van der Waals surface area contributed by atoms with E-state index in [4.69, 9.17) is 9.47 Å². The van der Waals surface area contributed by atoms with Crippen molar-refractivity contribution in [2.75, 3.05) is 13.7 Å². The zero-order valence-corrected chi connectivity index (χ0v) is 19.5. The van der Waals surface area contributed by atoms with Crippen LogP contribution in [-0.2, 0) is 40.7 Å². The largest absolute Gasteiger partial charge is 0.461 e. The number of carbonyl (C=O) groups excluding carboxylic acids is 3. The van der Waals surface area contributed by atoms with Gasteiger partial charge in [-0.05, 0) is 10.4 Å². The van der Waals surface area contributed by atoms with E-state index >= 15 is 0 Å². The van der Waals surface area contributed by atoms with E-state index in [1.165, 1.54) is 18.8 Å². The number of esters is 1. The molecule has 3 rings (SSSR count). The highest BCUT2D eigenvalue weighted by Crippen LogP contribution is 2.47. The van der Waals surface area contributed by atoms with Gasteiger partial charge in [0, 0.05) is 32.1 Å². The summed E-state index contributed by atoms with van der Waals surface area (Å²) in [6.45, 7) is 5.63. The number of methoxy groups -OCH3 is 1. The lowest BCUT2D eigenvalue weighted by molar-refractivity contribution is -0.161. The molecule has 0 radical (unpaired) electrons. The smallest absolute Gasteiger partial charge is 0.302 e. The third-order valence-corrected chi connectivity index (χ3v) is 8.99. The molecule has 1 saturated heterocycles. The third kappa shape index (κ3) is 3.87. The van der Waals surface area contributed by atoms with Gasteiger partial charge in [0.05, 0.1) is 5.70 Å². The molecule has 2 aliphatic heterocycles. The summed E-state index contributed by atoms with van der Waals surface area (Å²) >= 11 is 0.794. The van der Waals surface area contributed by atoms with Gasteiger partial charge in [-0.25, -0.2) is 13.1 Å². The molecular weight excluding hydrogens is 450 g/mol. The standard InChI is InChI=1S/C17H23N5O7S2/c1-8(23)29-7-9-10(12(24)17(2,3)4)22-13(25)11(28-6)14(22)31(26,27)15(9)30-16-18-19-20-21(16)5/h11,14-15H,7H2,1-6H3/t11-,14+,15?/m0/s1. The van der Waals surface area contributed by atoms with Crippen LogP contribution in [0.25, 0.3) is 0 Å². The fourth-order valence-electron chi connectivity index (χ4n) is 3.28. The molecule has 1 aromatic heterocycles. The van der Waals surface area contributed by atoms with E-state index in [9.17, 15) is 22.8 Å². The Labute approximate surface area is 183 Å². The Morgan fingerprint density at radius 2 is 1.90 bits per heavy atom. The predicted octanol–water partition coefficient (Wildman–Crippen LogP) is -0.328. The minimum atomic E-state index is -4.13. The Morgan fingerprint density at radius 3 is 2.39 bits per heavy atom. The van der Waals surface area contributed by atoms with E-state index in [1.54, 1.807) is 20.8 Å². The first-order valence-corrected chi connectivity index (χ1v) is 11.7. The number of fused-ring (bicyclic) bond motifs is 1. The maximum absolute atomic E-state index is 13.5. The van der Waals surface area contributed by atoms with Crippen LogP contribution >= 0.6 is 11.8 Å². The van der Waals surface area contributed by atoms with Gasteiger partial charge in [-0.15, -0.1) is 5.10 Å². The van der Waals surface area contributed by atoms with Crippen LogP contribution < -0.4 is 0 Å². The van der Waals surface area contributed by atoms with Gasteiger partial charge in [-0.2, -0.15) is 0 Å². The number of hydrogen-bond acceptors (Lipinski definition) is 11. The van der Waals surface area contributed by atoms with Crippen LogP contribution in [0.4, 0.5) is 0 Å². The van der Waals surface area contributed by atoms with E-state index in [0.29, 0.717) is 0 Å². The summed E-state index contributed by atoms with van der Waals surface area (Å²) in [6, 6.07) is 0. The number of ketones is 1. The Kier molecular flexibility index (Phi) is 6.01. The number of aryl methyl sites for hydroxylation is 1. The van der Waals surface area contributed by atoms with Crippen molar-refractivity contribution in [2.45, 2.75) is 48.9 Å². The molecule has 0 bridgehead atoms. The number of allylic oxidation sites excluding steroid dienone is 1. The zero-order chi connectivity index (χ0) is 23.3. The van der Waals surface area contributed by atoms with Gasteiger partial charge in [-0.1, -0.05) is 32.5 Å². The first kappa shape index (κ1) is 23.3. The van der Waals surface area contributed by atoms with E-state index in [-0.39, 0.29) is 16.4 Å². The quantitative estimate of drug-likeness (QED) is 0.394. The normalized spacial score (nSPS) is 25.2. The van der Waals surface area contributed by atoms with Crippen molar-refractivity contribution in [3.8, 4) is 0 Å². The molecule has 170 valence electrons. The van der Waals surface area contributed by atoms with Crippen molar-refractivity contribution in [3.05, 3.63) is 11.3 Å². The number of thioether (sulfide) groups is 1. The molecule has 0 saturated carbocycles. The molecule has 2 aliphatic rings. The van der Waals surface area contributed by atoms with Crippen molar-refractivity contribution >= 4 is 39.3 Å². The molecule has 12 nitrogen and oxygen atoms in total. The topological polar surface area (TPSA) is 151 Å². The number of rotatable bonds is 6. The molecule has 0 aliphatic carbocycles. The molecule has 3 heterocycles. The second-order valence-electron chi connectivity index (χ2n) is 8.11. The number of amides is 1. The summed E-state index contributed by atoms with van der Waals surface area (Å²) < 4.78 is 37.2. The molecule has 0 N–H and O–H groups in total. The van der Waals surface area contributed by atoms with Gasteiger partial charge < -0.3 is 9.47 Å². The molecule has 0 spiro atoms. The Morgan fingerprint density at radius 1 is 1.26 bits per heavy atom. The van der Waals surface area contributed by atoms with Crippen molar-refractivity contribution < 1.29 is 32.3 Å². The number of hydrogen-bond donors (Lipinski definition) is 0. The van der Waals surface area contributed by atoms with Gasteiger partial charge in [0.15, 0.2) is 27.1 Å². The zero-order valence-electron chi connectivity index (χ0n) is 17.8. The lowest BCUT2D eigenvalue weighted by Gasteiger charge is -2.51. The predicted molar refractivity (Wildman–Crippen MR) is 107 cm³/mol. The highest BCUT2D eigenvalue weighted by atomic mass is 32.3. The molecule has 1 aromatic rings. The first-order chi connectivity index (χ1) is 14.3. The molecule has 1 amide bonds. The van der Waals surface area contributed by atoms with Crippen molar-refractivity contribution in [1.82, 2.24) is 25.1 Å². The monoisotopic (exact) mass is 473 g/mol. The number of nitrogens with zero attached hydrogens (tertiary/aromatic N) is 5. The number of aromatic nitrogens is 4. The molecule has 1 fully saturated rings. The summed E-state index contributed by atoms with van der Waals surface area (Å²) in [5.41, 5.74) is -1.05. The maximum atomic E-state index is 13.5. The SMILES string of the molecule is CO[C@H]1C(=O)N2C(C(=O)C(C)(C)C)=C(COC(C)=O)C(Sc3nnnn3C)S(=O)(=O)[C@H]12. The van der Waals surface area contributed by atoms with E-state index < -0.39 is 55.6 Å². The summed E-state index contributed by atoms with van der Waals surface area (Å²) in [6.07, 6.45) is -1.25. The lowest BCUT2D eigenvalue weighted by Crippen LogP contribution is -2.72. The van der Waals surface area contributed by atoms with Crippen molar-refractivity contribution in [1.29, 1.82) is 0 Å². The highest BCUT2D eigenvalue weighted by molar-refractivity contribution is 8.14. The van der Waals surface area contributed by atoms with Gasteiger partial charge in [0.1, 0.15) is 11.2 Å². The minimum absolute atomic E-state index is 0.0118. The first-order valence-electron chi connectivity index (χ1n) is 9.21. The van der Waals surface area contributed by atoms with Crippen molar-refractivity contribution in [2.24, 2.45) is 12.5 Å². The lowest BCUT2D eigenvalue weighted by atomic mass is 9.85. The van der Waals surface area contributed by atoms with Crippen LogP contribution in [-0.4, -0.2) is 81.0 Å². The van der Waals surface area contributed by atoms with Gasteiger partial charge in [-0.3, -0.25) is 19.3 Å². The molecule has 0 aromatic carbocycles. The number of carbonyl (C=O) groups is 3. The Bertz CT molecular complexity index is 1070. The second kappa shape index (κ2) is 7.98. The van der Waals surface area contributed by atoms with Crippen LogP contribution in [0.3, 0.4) is 0 Å². The summed E-state index contributed by atoms with van der Waals surface area (Å²) in [5, 5.41) is 9.81. The van der Waals surface area contributed by atoms with Crippen LogP contribution in [0.15, 0.2) is 16.4 Å². The second-order valence-corrected chi connectivity index (χ2v) is 11.6. The number of sulfone groups is 1. The molecule has 1 unspecified atom stereocenters. The van der Waals surface area contributed by atoms with E-state index in [1.807, 2.05) is 0 Å². The van der Waals surface area contributed by atoms with Gasteiger partial charge in [0.25, 0.3) is 5.91 Å². The van der Waals surface area contributed by atoms with Crippen LogP contribution in [0, 0.1) is 5.41 Å². The van der Waals surface area contributed by atoms with E-state index in [0.717, 1.165) is 23.6 Å². The summed E-state index contributed by atoms with van der Waals surface area (Å²) in [4.78, 5) is 38.5. The van der Waals surface area contributed by atoms with Gasteiger partial charge >= 0.3 is 5.97 Å². The summed E-state index contributed by atoms with van der Waals surface area (Å²) in [7, 11) is -1.36.